The van der Waals surface area contributed by atoms with E-state index in [1.165, 1.54) is 17.5 Å². The number of likely N-dealkylation sites (N-methyl/N-ethyl adjacent to an activating group) is 1. The highest BCUT2D eigenvalue weighted by Crippen LogP contribution is 2.28. The number of methoxy groups -OCH3 is 1. The Balaban J connectivity index is 2.33. The number of rotatable bonds is 7. The minimum Gasteiger partial charge on any atom is -0.495 e. The number of amides is 1. The molecule has 1 heterocycles. The number of hydrogen-bond donors (Lipinski definition) is 0. The molecule has 0 atom stereocenters. The molecular formula is C18H29N3O4S. The van der Waals surface area contributed by atoms with Crippen LogP contribution in [0.25, 0.3) is 0 Å². The standard InChI is InChI=1S/C18H29N3O4S/c1-5-19-10-12-20(13-11-19)18(22)15-8-9-16(25-4)17(14-15)26(23,24)21(6-2)7-3/h8-9,14H,5-7,10-13H2,1-4H3. The maximum absolute atomic E-state index is 12.9. The highest BCUT2D eigenvalue weighted by molar-refractivity contribution is 7.89. The van der Waals surface area contributed by atoms with Gasteiger partial charge in [-0.3, -0.25) is 4.79 Å². The molecule has 146 valence electrons. The predicted molar refractivity (Wildman–Crippen MR) is 101 cm³/mol. The van der Waals surface area contributed by atoms with Crippen molar-refractivity contribution in [2.24, 2.45) is 0 Å². The molecular weight excluding hydrogens is 354 g/mol. The van der Waals surface area contributed by atoms with Crippen LogP contribution in [0.3, 0.4) is 0 Å². The van der Waals surface area contributed by atoms with Gasteiger partial charge in [0.2, 0.25) is 10.0 Å². The van der Waals surface area contributed by atoms with E-state index in [2.05, 4.69) is 11.8 Å². The van der Waals surface area contributed by atoms with E-state index in [0.717, 1.165) is 19.6 Å². The summed E-state index contributed by atoms with van der Waals surface area (Å²) in [4.78, 5) is 16.9. The van der Waals surface area contributed by atoms with Crippen molar-refractivity contribution in [3.8, 4) is 5.75 Å². The van der Waals surface area contributed by atoms with Crippen LogP contribution in [0.2, 0.25) is 0 Å². The lowest BCUT2D eigenvalue weighted by molar-refractivity contribution is 0.0643. The van der Waals surface area contributed by atoms with Gasteiger partial charge >= 0.3 is 0 Å². The van der Waals surface area contributed by atoms with Gasteiger partial charge in [-0.1, -0.05) is 20.8 Å². The van der Waals surface area contributed by atoms with Crippen LogP contribution in [0.15, 0.2) is 23.1 Å². The number of sulfonamides is 1. The zero-order chi connectivity index (χ0) is 19.3. The molecule has 1 saturated heterocycles. The molecule has 1 fully saturated rings. The van der Waals surface area contributed by atoms with Gasteiger partial charge < -0.3 is 14.5 Å². The van der Waals surface area contributed by atoms with Crippen LogP contribution in [0.4, 0.5) is 0 Å². The van der Waals surface area contributed by atoms with Crippen LogP contribution >= 0.6 is 0 Å². The summed E-state index contributed by atoms with van der Waals surface area (Å²) in [6.45, 7) is 10.3. The Hall–Kier alpha value is -1.64. The molecule has 0 unspecified atom stereocenters. The first kappa shape index (κ1) is 20.7. The molecule has 2 rings (SSSR count). The van der Waals surface area contributed by atoms with E-state index >= 15 is 0 Å². The molecule has 0 aliphatic carbocycles. The molecule has 0 aromatic heterocycles. The predicted octanol–water partition coefficient (Wildman–Crippen LogP) is 1.50. The number of nitrogens with zero attached hydrogens (tertiary/aromatic N) is 3. The molecule has 7 nitrogen and oxygen atoms in total. The third-order valence-electron chi connectivity index (χ3n) is 4.84. The van der Waals surface area contributed by atoms with Crippen LogP contribution in [0.5, 0.6) is 5.75 Å². The van der Waals surface area contributed by atoms with E-state index < -0.39 is 10.0 Å². The molecule has 0 saturated carbocycles. The van der Waals surface area contributed by atoms with Crippen molar-refractivity contribution in [3.63, 3.8) is 0 Å². The number of ether oxygens (including phenoxy) is 1. The monoisotopic (exact) mass is 383 g/mol. The van der Waals surface area contributed by atoms with E-state index in [1.54, 1.807) is 30.9 Å². The zero-order valence-electron chi connectivity index (χ0n) is 16.1. The van der Waals surface area contributed by atoms with E-state index in [0.29, 0.717) is 31.7 Å². The fourth-order valence-electron chi connectivity index (χ4n) is 3.16. The highest BCUT2D eigenvalue weighted by atomic mass is 32.2. The third-order valence-corrected chi connectivity index (χ3v) is 6.91. The number of benzene rings is 1. The number of carbonyl (C=O) groups excluding carboxylic acids is 1. The lowest BCUT2D eigenvalue weighted by Crippen LogP contribution is -2.48. The first-order chi connectivity index (χ1) is 12.4. The quantitative estimate of drug-likeness (QED) is 0.714. The Morgan fingerprint density at radius 3 is 2.23 bits per heavy atom. The largest absolute Gasteiger partial charge is 0.495 e. The summed E-state index contributed by atoms with van der Waals surface area (Å²) < 4.78 is 32.4. The zero-order valence-corrected chi connectivity index (χ0v) is 16.9. The van der Waals surface area contributed by atoms with Crippen LogP contribution in [-0.2, 0) is 10.0 Å². The van der Waals surface area contributed by atoms with Crippen LogP contribution < -0.4 is 4.74 Å². The normalized spacial score (nSPS) is 16.1. The lowest BCUT2D eigenvalue weighted by atomic mass is 10.1. The molecule has 0 spiro atoms. The molecule has 1 aliphatic rings. The second-order valence-electron chi connectivity index (χ2n) is 6.18. The second-order valence-corrected chi connectivity index (χ2v) is 8.09. The van der Waals surface area contributed by atoms with Gasteiger partial charge in [0.25, 0.3) is 5.91 Å². The van der Waals surface area contributed by atoms with E-state index in [-0.39, 0.29) is 16.6 Å². The van der Waals surface area contributed by atoms with Crippen molar-refractivity contribution in [2.75, 3.05) is 52.9 Å². The maximum Gasteiger partial charge on any atom is 0.253 e. The van der Waals surface area contributed by atoms with Crippen molar-refractivity contribution < 1.29 is 17.9 Å². The van der Waals surface area contributed by atoms with Gasteiger partial charge in [0.05, 0.1) is 7.11 Å². The minimum atomic E-state index is -3.71. The van der Waals surface area contributed by atoms with Crippen LogP contribution in [0.1, 0.15) is 31.1 Å². The molecule has 0 bridgehead atoms. The third kappa shape index (κ3) is 4.19. The van der Waals surface area contributed by atoms with Gasteiger partial charge in [0.1, 0.15) is 10.6 Å². The molecule has 0 radical (unpaired) electrons. The number of hydrogen-bond acceptors (Lipinski definition) is 5. The fraction of sp³-hybridized carbons (Fsp3) is 0.611. The average Bonchev–Trinajstić information content (AvgIpc) is 2.67. The van der Waals surface area contributed by atoms with Gasteiger partial charge in [-0.2, -0.15) is 4.31 Å². The van der Waals surface area contributed by atoms with E-state index in [1.807, 2.05) is 0 Å². The summed E-state index contributed by atoms with van der Waals surface area (Å²) in [6, 6.07) is 4.64. The van der Waals surface area contributed by atoms with Crippen molar-refractivity contribution in [1.82, 2.24) is 14.1 Å². The Kier molecular flexibility index (Phi) is 7.02. The summed E-state index contributed by atoms with van der Waals surface area (Å²) in [6.07, 6.45) is 0. The maximum atomic E-state index is 12.9. The fourth-order valence-corrected chi connectivity index (χ4v) is 4.80. The molecule has 26 heavy (non-hydrogen) atoms. The SMILES string of the molecule is CCN1CCN(C(=O)c2ccc(OC)c(S(=O)(=O)N(CC)CC)c2)CC1. The Labute approximate surface area is 156 Å². The summed E-state index contributed by atoms with van der Waals surface area (Å²) in [5.74, 6) is 0.114. The van der Waals surface area contributed by atoms with Gasteiger partial charge in [0.15, 0.2) is 0 Å². The first-order valence-corrected chi connectivity index (χ1v) is 10.5. The highest BCUT2D eigenvalue weighted by Gasteiger charge is 2.28. The van der Waals surface area contributed by atoms with Gasteiger partial charge in [0, 0.05) is 44.8 Å². The van der Waals surface area contributed by atoms with Gasteiger partial charge in [-0.05, 0) is 24.7 Å². The Bertz CT molecular complexity index is 724. The molecule has 0 N–H and O–H groups in total. The van der Waals surface area contributed by atoms with Crippen LogP contribution in [-0.4, -0.2) is 81.4 Å². The number of piperazine rings is 1. The van der Waals surface area contributed by atoms with Crippen molar-refractivity contribution in [3.05, 3.63) is 23.8 Å². The minimum absolute atomic E-state index is 0.0433. The van der Waals surface area contributed by atoms with E-state index in [9.17, 15) is 13.2 Å². The molecule has 1 aliphatic heterocycles. The van der Waals surface area contributed by atoms with Crippen molar-refractivity contribution >= 4 is 15.9 Å². The topological polar surface area (TPSA) is 70.2 Å². The van der Waals surface area contributed by atoms with Crippen LogP contribution in [0, 0.1) is 0 Å². The Morgan fingerprint density at radius 1 is 1.12 bits per heavy atom. The van der Waals surface area contributed by atoms with Crippen molar-refractivity contribution in [2.45, 2.75) is 25.7 Å². The van der Waals surface area contributed by atoms with Crippen molar-refractivity contribution in [1.29, 1.82) is 0 Å². The lowest BCUT2D eigenvalue weighted by Gasteiger charge is -2.34. The smallest absolute Gasteiger partial charge is 0.253 e. The summed E-state index contributed by atoms with van der Waals surface area (Å²) in [7, 11) is -2.28. The molecule has 8 heteroatoms. The summed E-state index contributed by atoms with van der Waals surface area (Å²) in [5.41, 5.74) is 0.376. The molecule has 1 aromatic rings. The molecule has 1 amide bonds. The Morgan fingerprint density at radius 2 is 1.73 bits per heavy atom. The van der Waals surface area contributed by atoms with E-state index in [4.69, 9.17) is 4.74 Å². The summed E-state index contributed by atoms with van der Waals surface area (Å²) >= 11 is 0. The van der Waals surface area contributed by atoms with Gasteiger partial charge in [-0.25, -0.2) is 8.42 Å². The average molecular weight is 384 g/mol. The first-order valence-electron chi connectivity index (χ1n) is 9.08. The second kappa shape index (κ2) is 8.83. The molecule has 1 aromatic carbocycles. The van der Waals surface area contributed by atoms with Gasteiger partial charge in [-0.15, -0.1) is 0 Å². The number of carbonyl (C=O) groups is 1. The summed E-state index contributed by atoms with van der Waals surface area (Å²) in [5, 5.41) is 0.